The van der Waals surface area contributed by atoms with Gasteiger partial charge in [0.15, 0.2) is 0 Å². The van der Waals surface area contributed by atoms with Crippen LogP contribution in [-0.2, 0) is 6.42 Å². The third kappa shape index (κ3) is 5.70. The summed E-state index contributed by atoms with van der Waals surface area (Å²) in [6.07, 6.45) is 1.46. The average molecular weight is 460 g/mol. The molecule has 2 aromatic carbocycles. The fourth-order valence-corrected chi connectivity index (χ4v) is 3.86. The molecule has 0 amide bonds. The molecule has 0 aliphatic heterocycles. The first-order chi connectivity index (χ1) is 14.8. The van der Waals surface area contributed by atoms with Gasteiger partial charge in [-0.25, -0.2) is 4.98 Å². The average Bonchev–Trinajstić information content (AvgIpc) is 3.15. The Morgan fingerprint density at radius 3 is 2.61 bits per heavy atom. The molecular weight excluding hydrogens is 433 g/mol. The quantitative estimate of drug-likeness (QED) is 0.370. The molecule has 0 atom stereocenters. The number of benzene rings is 2. The van der Waals surface area contributed by atoms with E-state index in [0.29, 0.717) is 22.4 Å². The Bertz CT molecular complexity index is 1070. The first-order valence-electron chi connectivity index (χ1n) is 10.3. The fourth-order valence-electron chi connectivity index (χ4n) is 3.37. The lowest BCUT2D eigenvalue weighted by molar-refractivity contribution is 0.200. The smallest absolute Gasteiger partial charge is 0.228 e. The van der Waals surface area contributed by atoms with Crippen molar-refractivity contribution in [2.75, 3.05) is 13.2 Å². The number of aliphatic hydroxyl groups is 1. The highest BCUT2D eigenvalue weighted by molar-refractivity contribution is 6.36. The molecule has 0 saturated heterocycles. The Balaban J connectivity index is 1.77. The van der Waals surface area contributed by atoms with Crippen molar-refractivity contribution in [1.29, 1.82) is 0 Å². The molecule has 0 fully saturated rings. The maximum Gasteiger partial charge on any atom is 0.228 e. The lowest BCUT2D eigenvalue weighted by Gasteiger charge is -2.11. The number of hydrogen-bond donors (Lipinski definition) is 1. The van der Waals surface area contributed by atoms with Crippen LogP contribution in [-0.4, -0.2) is 23.3 Å². The highest BCUT2D eigenvalue weighted by atomic mass is 35.5. The highest BCUT2D eigenvalue weighted by Crippen LogP contribution is 2.34. The molecule has 164 valence electrons. The van der Waals surface area contributed by atoms with Gasteiger partial charge in [0.2, 0.25) is 5.89 Å². The monoisotopic (exact) mass is 459 g/mol. The summed E-state index contributed by atoms with van der Waals surface area (Å²) in [6.45, 7) is 10.7. The lowest BCUT2D eigenvalue weighted by atomic mass is 9.98. The van der Waals surface area contributed by atoms with Crippen molar-refractivity contribution in [3.05, 3.63) is 75.6 Å². The lowest BCUT2D eigenvalue weighted by Crippen LogP contribution is -2.03. The van der Waals surface area contributed by atoms with Gasteiger partial charge in [0.25, 0.3) is 0 Å². The van der Waals surface area contributed by atoms with Crippen molar-refractivity contribution in [1.82, 2.24) is 4.98 Å². The van der Waals surface area contributed by atoms with E-state index in [1.54, 1.807) is 12.1 Å². The number of nitrogens with zero attached hydrogens (tertiary/aromatic N) is 1. The van der Waals surface area contributed by atoms with Crippen molar-refractivity contribution in [2.45, 2.75) is 39.5 Å². The molecule has 3 rings (SSSR count). The predicted octanol–water partition coefficient (Wildman–Crippen LogP) is 7.10. The molecule has 0 unspecified atom stereocenters. The van der Waals surface area contributed by atoms with Crippen LogP contribution in [0.1, 0.15) is 48.8 Å². The van der Waals surface area contributed by atoms with E-state index in [0.717, 1.165) is 45.9 Å². The molecule has 0 bridgehead atoms. The maximum atomic E-state index is 8.94. The van der Waals surface area contributed by atoms with Crippen LogP contribution < -0.4 is 4.74 Å². The van der Waals surface area contributed by atoms with Crippen LogP contribution in [0.4, 0.5) is 0 Å². The van der Waals surface area contributed by atoms with Crippen LogP contribution >= 0.6 is 23.2 Å². The van der Waals surface area contributed by atoms with Gasteiger partial charge in [-0.1, -0.05) is 49.7 Å². The minimum absolute atomic E-state index is 0.00694. The van der Waals surface area contributed by atoms with E-state index >= 15 is 0 Å². The van der Waals surface area contributed by atoms with E-state index in [2.05, 4.69) is 26.5 Å². The second-order valence-corrected chi connectivity index (χ2v) is 8.61. The topological polar surface area (TPSA) is 55.5 Å². The molecule has 1 N–H and O–H groups in total. The van der Waals surface area contributed by atoms with Gasteiger partial charge in [-0.05, 0) is 66.8 Å². The number of aryl methyl sites for hydroxylation is 2. The minimum atomic E-state index is -0.00694. The number of allylic oxidation sites excluding steroid dienone is 1. The second-order valence-electron chi connectivity index (χ2n) is 7.76. The van der Waals surface area contributed by atoms with Crippen LogP contribution in [0.5, 0.6) is 5.75 Å². The van der Waals surface area contributed by atoms with Crippen LogP contribution in [0.2, 0.25) is 10.0 Å². The zero-order valence-electron chi connectivity index (χ0n) is 18.0. The number of aromatic nitrogens is 1. The number of halogens is 2. The van der Waals surface area contributed by atoms with Gasteiger partial charge < -0.3 is 14.3 Å². The van der Waals surface area contributed by atoms with E-state index in [1.165, 1.54) is 0 Å². The molecule has 0 radical (unpaired) electrons. The summed E-state index contributed by atoms with van der Waals surface area (Å²) in [5, 5.41) is 10.0. The zero-order valence-corrected chi connectivity index (χ0v) is 19.6. The van der Waals surface area contributed by atoms with Gasteiger partial charge in [-0.3, -0.25) is 0 Å². The molecule has 1 aromatic heterocycles. The Labute approximate surface area is 193 Å². The highest BCUT2D eigenvalue weighted by Gasteiger charge is 2.19. The summed E-state index contributed by atoms with van der Waals surface area (Å²) in [5.74, 6) is 2.33. The molecule has 0 aliphatic rings. The summed E-state index contributed by atoms with van der Waals surface area (Å²) >= 11 is 12.4. The summed E-state index contributed by atoms with van der Waals surface area (Å²) in [6, 6.07) is 11.3. The Kier molecular flexibility index (Phi) is 7.82. The van der Waals surface area contributed by atoms with Gasteiger partial charge >= 0.3 is 0 Å². The SMILES string of the molecule is C=C(CCc1nc(-c2ccc(Cl)cc2Cl)oc1C(C)C)c1ccc(OCCO)c(C)c1. The second kappa shape index (κ2) is 10.4. The van der Waals surface area contributed by atoms with E-state index in [-0.39, 0.29) is 19.1 Å². The maximum absolute atomic E-state index is 8.94. The molecule has 3 aromatic rings. The molecule has 1 heterocycles. The Morgan fingerprint density at radius 2 is 1.97 bits per heavy atom. The number of aliphatic hydroxyl groups excluding tert-OH is 1. The summed E-state index contributed by atoms with van der Waals surface area (Å²) < 4.78 is 11.6. The summed E-state index contributed by atoms with van der Waals surface area (Å²) in [5.41, 5.74) is 4.73. The molecule has 0 aliphatic carbocycles. The standard InChI is InChI=1S/C25H27Cl2NO3/c1-15(2)24-22(28-25(31-24)20-8-7-19(26)14-21(20)27)9-5-16(3)18-6-10-23(17(4)13-18)30-12-11-29/h6-8,10,13-15,29H,3,5,9,11-12H2,1-2,4H3. The van der Waals surface area contributed by atoms with Gasteiger partial charge in [0, 0.05) is 10.9 Å². The van der Waals surface area contributed by atoms with E-state index in [4.69, 9.17) is 42.4 Å². The van der Waals surface area contributed by atoms with Crippen molar-refractivity contribution in [2.24, 2.45) is 0 Å². The fraction of sp³-hybridized carbons (Fsp3) is 0.320. The normalized spacial score (nSPS) is 11.2. The zero-order chi connectivity index (χ0) is 22.5. The van der Waals surface area contributed by atoms with Crippen LogP contribution in [0.3, 0.4) is 0 Å². The third-order valence-electron chi connectivity index (χ3n) is 5.01. The van der Waals surface area contributed by atoms with Gasteiger partial charge in [0.1, 0.15) is 18.1 Å². The number of rotatable bonds is 9. The van der Waals surface area contributed by atoms with Crippen molar-refractivity contribution in [3.63, 3.8) is 0 Å². The molecule has 0 spiro atoms. The third-order valence-corrected chi connectivity index (χ3v) is 5.56. The molecule has 0 saturated carbocycles. The largest absolute Gasteiger partial charge is 0.491 e. The molecule has 31 heavy (non-hydrogen) atoms. The van der Waals surface area contributed by atoms with Crippen LogP contribution in [0.15, 0.2) is 47.4 Å². The van der Waals surface area contributed by atoms with Crippen LogP contribution in [0.25, 0.3) is 17.0 Å². The Hall–Kier alpha value is -2.27. The van der Waals surface area contributed by atoms with E-state index in [1.807, 2.05) is 25.1 Å². The minimum Gasteiger partial charge on any atom is -0.491 e. The molecular formula is C25H27Cl2NO3. The molecule has 4 nitrogen and oxygen atoms in total. The van der Waals surface area contributed by atoms with Gasteiger partial charge in [0.05, 0.1) is 22.9 Å². The van der Waals surface area contributed by atoms with Crippen LogP contribution in [0, 0.1) is 6.92 Å². The summed E-state index contributed by atoms with van der Waals surface area (Å²) in [7, 11) is 0. The number of hydrogen-bond acceptors (Lipinski definition) is 4. The van der Waals surface area contributed by atoms with E-state index in [9.17, 15) is 0 Å². The summed E-state index contributed by atoms with van der Waals surface area (Å²) in [4.78, 5) is 4.74. The first-order valence-corrected chi connectivity index (χ1v) is 11.0. The Morgan fingerprint density at radius 1 is 1.19 bits per heavy atom. The molecule has 6 heteroatoms. The van der Waals surface area contributed by atoms with Crippen molar-refractivity contribution >= 4 is 28.8 Å². The van der Waals surface area contributed by atoms with Crippen molar-refractivity contribution < 1.29 is 14.3 Å². The first kappa shape index (κ1) is 23.4. The van der Waals surface area contributed by atoms with E-state index < -0.39 is 0 Å². The van der Waals surface area contributed by atoms with Gasteiger partial charge in [-0.2, -0.15) is 0 Å². The number of oxazole rings is 1. The van der Waals surface area contributed by atoms with Crippen molar-refractivity contribution in [3.8, 4) is 17.2 Å². The predicted molar refractivity (Wildman–Crippen MR) is 127 cm³/mol. The van der Waals surface area contributed by atoms with Gasteiger partial charge in [-0.15, -0.1) is 0 Å². The number of ether oxygens (including phenoxy) is 1.